The summed E-state index contributed by atoms with van der Waals surface area (Å²) in [6, 6.07) is 0.467. The van der Waals surface area contributed by atoms with E-state index >= 15 is 0 Å². The summed E-state index contributed by atoms with van der Waals surface area (Å²) in [6.45, 7) is 12.8. The molecule has 1 atom stereocenters. The number of carbonyl (C=O) groups is 1. The van der Waals surface area contributed by atoms with E-state index in [4.69, 9.17) is 0 Å². The Bertz CT molecular complexity index is 498. The summed E-state index contributed by atoms with van der Waals surface area (Å²) in [7, 11) is 3.63. The number of nitrogens with zero attached hydrogens (tertiary/aromatic N) is 3. The molecule has 6 heteroatoms. The van der Waals surface area contributed by atoms with Gasteiger partial charge in [0.2, 0.25) is 0 Å². The minimum Gasteiger partial charge on any atom is -0.315 e. The molecule has 0 radical (unpaired) electrons. The summed E-state index contributed by atoms with van der Waals surface area (Å²) in [5.74, 6) is 0.678. The van der Waals surface area contributed by atoms with E-state index in [0.717, 1.165) is 37.1 Å². The minimum atomic E-state index is -0.0538. The van der Waals surface area contributed by atoms with Crippen molar-refractivity contribution in [2.75, 3.05) is 33.7 Å². The zero-order valence-corrected chi connectivity index (χ0v) is 15.9. The molecule has 0 aromatic rings. The molecule has 2 N–H and O–H groups in total. The third kappa shape index (κ3) is 5.46. The van der Waals surface area contributed by atoms with Gasteiger partial charge in [0.15, 0.2) is 0 Å². The van der Waals surface area contributed by atoms with Crippen molar-refractivity contribution in [3.8, 4) is 0 Å². The number of rotatable bonds is 10. The molecule has 1 heterocycles. The number of amides is 2. The molecule has 1 unspecified atom stereocenters. The first-order valence-corrected chi connectivity index (χ1v) is 8.79. The second-order valence-corrected chi connectivity index (χ2v) is 6.21. The maximum absolute atomic E-state index is 12.6. The van der Waals surface area contributed by atoms with Crippen LogP contribution in [0.3, 0.4) is 0 Å². The van der Waals surface area contributed by atoms with Crippen molar-refractivity contribution in [2.24, 2.45) is 4.99 Å². The van der Waals surface area contributed by atoms with Crippen molar-refractivity contribution >= 4 is 12.2 Å². The second kappa shape index (κ2) is 10.3. The lowest BCUT2D eigenvalue weighted by molar-refractivity contribution is 0.180. The van der Waals surface area contributed by atoms with Gasteiger partial charge >= 0.3 is 6.03 Å². The molecular weight excluding hydrogens is 302 g/mol. The first kappa shape index (κ1) is 20.4. The van der Waals surface area contributed by atoms with Crippen LogP contribution in [0, 0.1) is 0 Å². The quantitative estimate of drug-likeness (QED) is 0.476. The lowest BCUT2D eigenvalue weighted by Gasteiger charge is -2.36. The average molecular weight is 335 g/mol. The zero-order valence-electron chi connectivity index (χ0n) is 15.9. The lowest BCUT2D eigenvalue weighted by Crippen LogP contribution is -2.44. The van der Waals surface area contributed by atoms with Crippen molar-refractivity contribution in [3.05, 3.63) is 23.7 Å². The molecule has 0 fully saturated rings. The van der Waals surface area contributed by atoms with E-state index in [9.17, 15) is 4.79 Å². The predicted molar refractivity (Wildman–Crippen MR) is 101 cm³/mol. The summed E-state index contributed by atoms with van der Waals surface area (Å²) >= 11 is 0. The number of urea groups is 1. The number of unbranched alkanes of at least 4 members (excludes halogenated alkanes) is 1. The molecule has 0 bridgehead atoms. The fourth-order valence-electron chi connectivity index (χ4n) is 2.78. The van der Waals surface area contributed by atoms with Gasteiger partial charge in [-0.15, -0.1) is 0 Å². The largest absolute Gasteiger partial charge is 0.329 e. The van der Waals surface area contributed by atoms with E-state index in [-0.39, 0.29) is 6.03 Å². The first-order chi connectivity index (χ1) is 11.4. The Kier molecular flexibility index (Phi) is 8.71. The topological polar surface area (TPSA) is 60.0 Å². The van der Waals surface area contributed by atoms with Crippen molar-refractivity contribution in [2.45, 2.75) is 46.1 Å². The fourth-order valence-corrected chi connectivity index (χ4v) is 2.78. The summed E-state index contributed by atoms with van der Waals surface area (Å²) in [5.41, 5.74) is 1.71. The average Bonchev–Trinajstić information content (AvgIpc) is 2.56. The Morgan fingerprint density at radius 2 is 2.08 bits per heavy atom. The third-order valence-corrected chi connectivity index (χ3v) is 4.26. The minimum absolute atomic E-state index is 0.0538. The molecule has 6 nitrogen and oxygen atoms in total. The van der Waals surface area contributed by atoms with Gasteiger partial charge in [-0.05, 0) is 40.3 Å². The van der Waals surface area contributed by atoms with Crippen molar-refractivity contribution in [3.63, 3.8) is 0 Å². The maximum Gasteiger partial charge on any atom is 0.329 e. The van der Waals surface area contributed by atoms with E-state index in [1.54, 1.807) is 23.1 Å². The van der Waals surface area contributed by atoms with Gasteiger partial charge in [0.1, 0.15) is 5.82 Å². The molecule has 2 amide bonds. The Morgan fingerprint density at radius 1 is 1.38 bits per heavy atom. The number of hydrogen-bond donors (Lipinski definition) is 2. The number of nitrogens with one attached hydrogen (secondary N) is 2. The van der Waals surface area contributed by atoms with Crippen LogP contribution in [0.25, 0.3) is 0 Å². The number of allylic oxidation sites excluding steroid dienone is 1. The highest BCUT2D eigenvalue weighted by molar-refractivity contribution is 5.82. The molecule has 136 valence electrons. The van der Waals surface area contributed by atoms with E-state index < -0.39 is 0 Å². The monoisotopic (exact) mass is 335 g/mol. The van der Waals surface area contributed by atoms with Crippen LogP contribution in [0.2, 0.25) is 0 Å². The molecule has 24 heavy (non-hydrogen) atoms. The summed E-state index contributed by atoms with van der Waals surface area (Å²) in [6.07, 6.45) is 4.95. The fraction of sp³-hybridized carbons (Fsp3) is 0.667. The van der Waals surface area contributed by atoms with E-state index in [2.05, 4.69) is 36.1 Å². The molecule has 1 aliphatic rings. The van der Waals surface area contributed by atoms with Gasteiger partial charge in [-0.2, -0.15) is 0 Å². The van der Waals surface area contributed by atoms with Gasteiger partial charge < -0.3 is 10.6 Å². The molecule has 1 aliphatic heterocycles. The smallest absolute Gasteiger partial charge is 0.315 e. The van der Waals surface area contributed by atoms with Gasteiger partial charge in [-0.1, -0.05) is 19.9 Å². The molecule has 0 aliphatic carbocycles. The van der Waals surface area contributed by atoms with Gasteiger partial charge in [0.05, 0.1) is 0 Å². The first-order valence-electron chi connectivity index (χ1n) is 8.79. The number of carbonyl (C=O) groups excluding carboxylic acids is 1. The van der Waals surface area contributed by atoms with Crippen LogP contribution in [0.1, 0.15) is 40.0 Å². The van der Waals surface area contributed by atoms with Crippen LogP contribution in [0.15, 0.2) is 28.7 Å². The van der Waals surface area contributed by atoms with Crippen LogP contribution in [-0.4, -0.2) is 61.8 Å². The highest BCUT2D eigenvalue weighted by Gasteiger charge is 2.30. The van der Waals surface area contributed by atoms with Gasteiger partial charge in [-0.3, -0.25) is 9.80 Å². The Hall–Kier alpha value is -1.66. The maximum atomic E-state index is 12.6. The molecule has 0 saturated heterocycles. The molecule has 0 saturated carbocycles. The lowest BCUT2D eigenvalue weighted by atomic mass is 10.1. The van der Waals surface area contributed by atoms with Crippen LogP contribution in [0.5, 0.6) is 0 Å². The van der Waals surface area contributed by atoms with Crippen LogP contribution < -0.4 is 10.6 Å². The van der Waals surface area contributed by atoms with E-state index in [0.29, 0.717) is 25.0 Å². The Morgan fingerprint density at radius 3 is 2.71 bits per heavy atom. The molecule has 0 aromatic carbocycles. The number of hydrogen-bond acceptors (Lipinski definition) is 4. The van der Waals surface area contributed by atoms with E-state index in [1.807, 2.05) is 14.0 Å². The highest BCUT2D eigenvalue weighted by Crippen LogP contribution is 2.27. The van der Waals surface area contributed by atoms with E-state index in [1.165, 1.54) is 0 Å². The highest BCUT2D eigenvalue weighted by atomic mass is 16.2. The molecule has 0 aromatic heterocycles. The third-order valence-electron chi connectivity index (χ3n) is 4.26. The van der Waals surface area contributed by atoms with Gasteiger partial charge in [0, 0.05) is 43.7 Å². The SMILES string of the molecule is C=C1C(C)=C(/N=C/CNC)N(C)C(=O)N1CCCCC(C)NCC. The van der Waals surface area contributed by atoms with Crippen molar-refractivity contribution in [1.82, 2.24) is 20.4 Å². The summed E-state index contributed by atoms with van der Waals surface area (Å²) < 4.78 is 0. The van der Waals surface area contributed by atoms with Crippen molar-refractivity contribution in [1.29, 1.82) is 0 Å². The van der Waals surface area contributed by atoms with Crippen LogP contribution >= 0.6 is 0 Å². The van der Waals surface area contributed by atoms with Gasteiger partial charge in [0.25, 0.3) is 0 Å². The zero-order chi connectivity index (χ0) is 18.1. The van der Waals surface area contributed by atoms with Crippen molar-refractivity contribution < 1.29 is 4.79 Å². The molecule has 1 rings (SSSR count). The Labute approximate surface area is 146 Å². The predicted octanol–water partition coefficient (Wildman–Crippen LogP) is 2.56. The second-order valence-electron chi connectivity index (χ2n) is 6.21. The normalized spacial score (nSPS) is 17.4. The van der Waals surface area contributed by atoms with Crippen LogP contribution in [0.4, 0.5) is 4.79 Å². The van der Waals surface area contributed by atoms with Gasteiger partial charge in [-0.25, -0.2) is 9.79 Å². The van der Waals surface area contributed by atoms with Crippen LogP contribution in [-0.2, 0) is 0 Å². The molecule has 0 spiro atoms. The summed E-state index contributed by atoms with van der Waals surface area (Å²) in [4.78, 5) is 20.4. The standard InChI is InChI=1S/C18H33N5O/c1-7-20-14(2)10-8-9-13-23-16(4)15(3)17(21-12-11-19-5)22(6)18(23)24/h12,14,19-20H,4,7-11,13H2,1-3,5-6H3/b21-12+. The molecular formula is C18H33N5O. The Balaban J connectivity index is 2.65. The summed E-state index contributed by atoms with van der Waals surface area (Å²) in [5, 5.41) is 6.42. The number of aliphatic imine (C=N–C) groups is 1.